The van der Waals surface area contributed by atoms with E-state index in [0.717, 1.165) is 11.3 Å². The molecule has 2 aliphatic rings. The van der Waals surface area contributed by atoms with E-state index in [1.807, 2.05) is 6.20 Å². The number of aromatic nitrogens is 6. The molecule has 0 aromatic carbocycles. The second-order valence-corrected chi connectivity index (χ2v) is 10.1. The van der Waals surface area contributed by atoms with Gasteiger partial charge in [-0.1, -0.05) is 17.7 Å². The van der Waals surface area contributed by atoms with E-state index in [2.05, 4.69) is 53.3 Å². The minimum Gasteiger partial charge on any atom is -0.364 e. The first-order chi connectivity index (χ1) is 18.0. The van der Waals surface area contributed by atoms with Gasteiger partial charge in [0.15, 0.2) is 5.82 Å². The van der Waals surface area contributed by atoms with Gasteiger partial charge in [0.2, 0.25) is 5.91 Å². The molecule has 186 valence electrons. The molecule has 11 heteroatoms. The predicted octanol–water partition coefficient (Wildman–Crippen LogP) is 4.80. The zero-order chi connectivity index (χ0) is 25.1. The number of carbonyl (C=O) groups is 1. The van der Waals surface area contributed by atoms with Crippen molar-refractivity contribution < 1.29 is 9.18 Å². The molecule has 5 aromatic rings. The zero-order valence-corrected chi connectivity index (χ0v) is 20.4. The molecule has 0 aliphatic heterocycles. The van der Waals surface area contributed by atoms with E-state index in [-0.39, 0.29) is 22.8 Å². The van der Waals surface area contributed by atoms with Crippen molar-refractivity contribution in [3.8, 4) is 0 Å². The van der Waals surface area contributed by atoms with Crippen molar-refractivity contribution >= 4 is 40.3 Å². The monoisotopic (exact) mass is 516 g/mol. The summed E-state index contributed by atoms with van der Waals surface area (Å²) in [6.45, 7) is 0.483. The molecule has 2 fully saturated rings. The topological polar surface area (TPSA) is 102 Å². The lowest BCUT2D eigenvalue weighted by molar-refractivity contribution is -0.117. The summed E-state index contributed by atoms with van der Waals surface area (Å²) in [5.41, 5.74) is 4.01. The van der Waals surface area contributed by atoms with Crippen molar-refractivity contribution in [2.45, 2.75) is 37.6 Å². The number of anilines is 2. The zero-order valence-electron chi connectivity index (χ0n) is 19.6. The highest BCUT2D eigenvalue weighted by Crippen LogP contribution is 2.49. The van der Waals surface area contributed by atoms with Gasteiger partial charge in [0.1, 0.15) is 29.1 Å². The van der Waals surface area contributed by atoms with Gasteiger partial charge in [-0.2, -0.15) is 0 Å². The summed E-state index contributed by atoms with van der Waals surface area (Å²) < 4.78 is 18.2. The maximum atomic E-state index is 14.6. The third kappa shape index (κ3) is 4.17. The number of hydrogen-bond donors (Lipinski definition) is 2. The van der Waals surface area contributed by atoms with Gasteiger partial charge in [-0.15, -0.1) is 0 Å². The number of carbonyl (C=O) groups excluding carboxylic acids is 1. The number of nitrogens with one attached hydrogen (secondary N) is 2. The van der Waals surface area contributed by atoms with Crippen molar-refractivity contribution in [3.63, 3.8) is 0 Å². The van der Waals surface area contributed by atoms with Crippen LogP contribution in [0.25, 0.3) is 11.2 Å². The smallest absolute Gasteiger partial charge is 0.229 e. The Labute approximate surface area is 215 Å². The largest absolute Gasteiger partial charge is 0.364 e. The summed E-state index contributed by atoms with van der Waals surface area (Å²) in [6.07, 6.45) is 11.9. The molecule has 7 rings (SSSR count). The second-order valence-electron chi connectivity index (χ2n) is 9.68. The van der Waals surface area contributed by atoms with Crippen LogP contribution >= 0.6 is 11.6 Å². The van der Waals surface area contributed by atoms with Crippen LogP contribution in [0, 0.1) is 11.7 Å². The fraction of sp³-hybridized carbons (Fsp3) is 0.269. The molecule has 5 heterocycles. The van der Waals surface area contributed by atoms with E-state index in [0.29, 0.717) is 41.7 Å². The van der Waals surface area contributed by atoms with Crippen LogP contribution in [-0.2, 0) is 11.3 Å². The van der Waals surface area contributed by atoms with Crippen LogP contribution in [0.3, 0.4) is 0 Å². The maximum Gasteiger partial charge on any atom is 0.229 e. The van der Waals surface area contributed by atoms with Crippen molar-refractivity contribution in [3.05, 3.63) is 83.3 Å². The standard InChI is InChI=1S/C26H22ClFN8O/c27-19-5-6-35-13-32-24(25(35)23(19)28)17-7-18(17)26(37)34-21-8-20(30-12-31-21)29-9-16-11-36-10-15(14-1-2-14)3-4-22(36)33-16/h3-6,8,10-14,17-18H,1-2,7,9H2,(H2,29,30,31,34,37)/t17-,18-/m0/s1. The normalized spacial score (nSPS) is 18.9. The van der Waals surface area contributed by atoms with Gasteiger partial charge in [0.25, 0.3) is 0 Å². The number of pyridine rings is 2. The predicted molar refractivity (Wildman–Crippen MR) is 136 cm³/mol. The lowest BCUT2D eigenvalue weighted by Gasteiger charge is -2.07. The highest BCUT2D eigenvalue weighted by molar-refractivity contribution is 6.31. The first kappa shape index (κ1) is 22.2. The summed E-state index contributed by atoms with van der Waals surface area (Å²) in [6, 6.07) is 7.37. The van der Waals surface area contributed by atoms with Gasteiger partial charge < -0.3 is 19.4 Å². The van der Waals surface area contributed by atoms with Crippen LogP contribution in [0.1, 0.15) is 48.0 Å². The van der Waals surface area contributed by atoms with Gasteiger partial charge in [0, 0.05) is 36.5 Å². The molecule has 0 unspecified atom stereocenters. The Balaban J connectivity index is 1.00. The Morgan fingerprint density at radius 1 is 1.11 bits per heavy atom. The van der Waals surface area contributed by atoms with Gasteiger partial charge in [-0.25, -0.2) is 24.3 Å². The lowest BCUT2D eigenvalue weighted by atomic mass is 10.2. The third-order valence-corrected chi connectivity index (χ3v) is 7.33. The average Bonchev–Trinajstić information content (AvgIpc) is 3.82. The molecule has 2 saturated carbocycles. The molecule has 0 radical (unpaired) electrons. The molecule has 2 aliphatic carbocycles. The van der Waals surface area contributed by atoms with Crippen molar-refractivity contribution in [2.24, 2.45) is 5.92 Å². The Hall–Kier alpha value is -4.05. The van der Waals surface area contributed by atoms with Crippen LogP contribution in [-0.4, -0.2) is 34.6 Å². The Kier molecular flexibility index (Phi) is 5.10. The number of hydrogen-bond acceptors (Lipinski definition) is 6. The average molecular weight is 517 g/mol. The molecule has 5 aromatic heterocycles. The lowest BCUT2D eigenvalue weighted by Crippen LogP contribution is -2.16. The Morgan fingerprint density at radius 2 is 1.97 bits per heavy atom. The van der Waals surface area contributed by atoms with Crippen LogP contribution < -0.4 is 10.6 Å². The van der Waals surface area contributed by atoms with E-state index in [9.17, 15) is 9.18 Å². The van der Waals surface area contributed by atoms with E-state index in [1.54, 1.807) is 16.7 Å². The summed E-state index contributed by atoms with van der Waals surface area (Å²) in [4.78, 5) is 30.3. The highest BCUT2D eigenvalue weighted by atomic mass is 35.5. The minimum absolute atomic E-state index is 0.0311. The van der Waals surface area contributed by atoms with Crippen LogP contribution in [0.5, 0.6) is 0 Å². The number of amides is 1. The van der Waals surface area contributed by atoms with Crippen molar-refractivity contribution in [1.82, 2.24) is 28.7 Å². The molecule has 37 heavy (non-hydrogen) atoms. The van der Waals surface area contributed by atoms with Crippen molar-refractivity contribution in [2.75, 3.05) is 10.6 Å². The van der Waals surface area contributed by atoms with E-state index < -0.39 is 5.82 Å². The molecule has 0 bridgehead atoms. The Morgan fingerprint density at radius 3 is 2.84 bits per heavy atom. The second kappa shape index (κ2) is 8.52. The summed E-state index contributed by atoms with van der Waals surface area (Å²) in [5.74, 6) is 0.446. The van der Waals surface area contributed by atoms with E-state index >= 15 is 0 Å². The minimum atomic E-state index is -0.525. The van der Waals surface area contributed by atoms with E-state index in [4.69, 9.17) is 11.6 Å². The van der Waals surface area contributed by atoms with Crippen LogP contribution in [0.2, 0.25) is 5.02 Å². The van der Waals surface area contributed by atoms with Crippen LogP contribution in [0.4, 0.5) is 16.0 Å². The van der Waals surface area contributed by atoms with Crippen molar-refractivity contribution in [1.29, 1.82) is 0 Å². The SMILES string of the molecule is O=C(Nc1cc(NCc2cn3cc(C4CC4)ccc3n2)ncn1)[C@H]1C[C@@H]1c1ncn2ccc(Cl)c(F)c12. The Bertz CT molecular complexity index is 1680. The van der Waals surface area contributed by atoms with Gasteiger partial charge in [-0.05, 0) is 42.9 Å². The summed E-state index contributed by atoms with van der Waals surface area (Å²) in [5, 5.41) is 6.13. The molecule has 0 saturated heterocycles. The molecule has 9 nitrogen and oxygen atoms in total. The number of fused-ring (bicyclic) bond motifs is 2. The number of imidazole rings is 2. The maximum absolute atomic E-state index is 14.6. The van der Waals surface area contributed by atoms with Gasteiger partial charge in [-0.3, -0.25) is 4.79 Å². The first-order valence-electron chi connectivity index (χ1n) is 12.2. The first-order valence-corrected chi connectivity index (χ1v) is 12.6. The van der Waals surface area contributed by atoms with Gasteiger partial charge in [0.05, 0.1) is 29.3 Å². The molecule has 2 N–H and O–H groups in total. The summed E-state index contributed by atoms with van der Waals surface area (Å²) >= 11 is 5.95. The summed E-state index contributed by atoms with van der Waals surface area (Å²) in [7, 11) is 0. The quantitative estimate of drug-likeness (QED) is 0.322. The molecule has 1 amide bonds. The molecule has 0 spiro atoms. The fourth-order valence-electron chi connectivity index (χ4n) is 4.83. The van der Waals surface area contributed by atoms with Crippen LogP contribution in [0.15, 0.2) is 55.5 Å². The highest BCUT2D eigenvalue weighted by Gasteiger charge is 2.46. The molecular weight excluding hydrogens is 495 g/mol. The molecular formula is C26H22ClFN8O. The molecule has 2 atom stereocenters. The van der Waals surface area contributed by atoms with Gasteiger partial charge >= 0.3 is 0 Å². The number of nitrogens with zero attached hydrogens (tertiary/aromatic N) is 6. The number of rotatable bonds is 7. The fourth-order valence-corrected chi connectivity index (χ4v) is 4.98. The number of halogens is 2. The third-order valence-electron chi connectivity index (χ3n) is 7.04. The van der Waals surface area contributed by atoms with E-state index in [1.165, 1.54) is 37.1 Å².